The van der Waals surface area contributed by atoms with Gasteiger partial charge in [0.05, 0.1) is 0 Å². The molecule has 0 atom stereocenters. The monoisotopic (exact) mass is 1300 g/mol. The fraction of sp³-hybridized carbons (Fsp3) is 0. The van der Waals surface area contributed by atoms with E-state index in [0.29, 0.717) is 34.9 Å². The molecule has 8 heteroatoms. The Labute approximate surface area is 583 Å². The third kappa shape index (κ3) is 8.76. The van der Waals surface area contributed by atoms with Crippen LogP contribution in [0.1, 0.15) is 0 Å². The topological polar surface area (TPSA) is 104 Å². The summed E-state index contributed by atoms with van der Waals surface area (Å²) in [7, 11) is 0. The Bertz CT molecular complexity index is 7000. The van der Waals surface area contributed by atoms with Crippen molar-refractivity contribution in [1.82, 2.24) is 29.9 Å². The predicted octanol–water partition coefficient (Wildman–Crippen LogP) is 24.8. The number of furan rings is 2. The molecule has 0 amide bonds. The van der Waals surface area contributed by atoms with Crippen LogP contribution >= 0.6 is 0 Å². The van der Waals surface area contributed by atoms with Crippen LogP contribution in [-0.2, 0) is 0 Å². The van der Waals surface area contributed by atoms with Gasteiger partial charge in [0.1, 0.15) is 22.3 Å². The van der Waals surface area contributed by atoms with Crippen LogP contribution in [0.2, 0.25) is 0 Å². The van der Waals surface area contributed by atoms with Gasteiger partial charge >= 0.3 is 0 Å². The number of nitrogens with zero attached hydrogens (tertiary/aromatic N) is 6. The molecule has 0 spiro atoms. The second kappa shape index (κ2) is 21.8. The Kier molecular flexibility index (Phi) is 12.0. The van der Waals surface area contributed by atoms with Gasteiger partial charge in [-0.2, -0.15) is 0 Å². The van der Waals surface area contributed by atoms with E-state index in [2.05, 4.69) is 285 Å². The number of hydrogen-bond acceptors (Lipinski definition) is 8. The van der Waals surface area contributed by atoms with Crippen LogP contribution in [0.3, 0.4) is 0 Å². The van der Waals surface area contributed by atoms with E-state index in [9.17, 15) is 0 Å². The number of rotatable bonds is 9. The summed E-state index contributed by atoms with van der Waals surface area (Å²) < 4.78 is 13.6. The highest BCUT2D eigenvalue weighted by Gasteiger charge is 2.29. The second-order valence-electron chi connectivity index (χ2n) is 26.8. The van der Waals surface area contributed by atoms with Crippen LogP contribution in [0.15, 0.2) is 324 Å². The van der Waals surface area contributed by atoms with E-state index in [-0.39, 0.29) is 0 Å². The third-order valence-electron chi connectivity index (χ3n) is 21.0. The molecule has 2 aliphatic carbocycles. The first-order valence-corrected chi connectivity index (χ1v) is 34.4. The first kappa shape index (κ1) is 56.2. The van der Waals surface area contributed by atoms with E-state index in [4.69, 9.17) is 38.7 Å². The average Bonchev–Trinajstić information content (AvgIpc) is 1.56. The smallest absolute Gasteiger partial charge is 0.164 e. The van der Waals surface area contributed by atoms with Crippen LogP contribution < -0.4 is 0 Å². The van der Waals surface area contributed by atoms with E-state index < -0.39 is 0 Å². The van der Waals surface area contributed by atoms with Crippen LogP contribution in [-0.4, -0.2) is 29.9 Å². The van der Waals surface area contributed by atoms with E-state index >= 15 is 0 Å². The fourth-order valence-electron chi connectivity index (χ4n) is 16.2. The lowest BCUT2D eigenvalue weighted by atomic mass is 9.95. The van der Waals surface area contributed by atoms with Crippen LogP contribution in [0.5, 0.6) is 0 Å². The second-order valence-corrected chi connectivity index (χ2v) is 26.8. The van der Waals surface area contributed by atoms with Gasteiger partial charge in [0.2, 0.25) is 0 Å². The average molecular weight is 1300 g/mol. The van der Waals surface area contributed by atoms with Crippen molar-refractivity contribution in [3.05, 3.63) is 315 Å². The molecule has 0 saturated carbocycles. The van der Waals surface area contributed by atoms with Crippen LogP contribution in [0, 0.1) is 0 Å². The van der Waals surface area contributed by atoms with Gasteiger partial charge in [-0.3, -0.25) is 0 Å². The number of benzene rings is 16. The predicted molar refractivity (Wildman–Crippen MR) is 416 cm³/mol. The Morgan fingerprint density at radius 3 is 1.25 bits per heavy atom. The first-order chi connectivity index (χ1) is 50.5. The standard InChI is InChI=1S/C94H52N6O2/c1-3-15-53(16-4-1)60-36-37-62-48-66(40-38-61(62)45-60)92-95-89(57-18-5-2-6-19-57)99-94(100-92)75-29-14-30-81-88(75)87-74-28-13-26-72-76-49-63(41-43-70(76)78(85(72)74)52-83(87)102-81)56-33-31-55(32-34-56)59-21-11-22-64(46-59)90-96-91(65-39-35-54-17-7-8-20-58(54)47-65)98-93(97-90)67-42-44-80-79(50-67)86-73-27-12-25-71-68-23-9-10-24-69(68)77(84(71)73)51-82(86)101-80/h1-52H. The van der Waals surface area contributed by atoms with E-state index in [1.807, 2.05) is 30.3 Å². The van der Waals surface area contributed by atoms with Crippen molar-refractivity contribution < 1.29 is 8.83 Å². The van der Waals surface area contributed by atoms with Crippen molar-refractivity contribution in [2.45, 2.75) is 0 Å². The minimum atomic E-state index is 0.577. The SMILES string of the molecule is c1ccc(-c2ccc3cc(-c4nc(-c5ccccc5)nc(-c5cccc6oc7cc8c9c(cccc9c7c56)-c5cc(-c6ccc(-c7cccc(-c9nc(-c%10ccc%11ccccc%11c%10)nc(-c%10ccc%11oc%12cc%13c%14c(cccc%14c%12c%11c%10)-c%10ccccc%10-%13)n9)c7)cc6)ccc5-8)n4)ccc3c2)cc1. The fourth-order valence-corrected chi connectivity index (χ4v) is 16.2. The molecule has 0 radical (unpaired) electrons. The summed E-state index contributed by atoms with van der Waals surface area (Å²) in [4.78, 5) is 31.6. The minimum absolute atomic E-state index is 0.577. The highest BCUT2D eigenvalue weighted by Crippen LogP contribution is 2.54. The van der Waals surface area contributed by atoms with Gasteiger partial charge in [-0.15, -0.1) is 0 Å². The van der Waals surface area contributed by atoms with Crippen molar-refractivity contribution in [3.63, 3.8) is 0 Å². The Morgan fingerprint density at radius 2 is 0.559 bits per heavy atom. The number of hydrogen-bond donors (Lipinski definition) is 0. The molecule has 0 bridgehead atoms. The van der Waals surface area contributed by atoms with Gasteiger partial charge in [0, 0.05) is 54.9 Å². The lowest BCUT2D eigenvalue weighted by molar-refractivity contribution is 0.669. The summed E-state index contributed by atoms with van der Waals surface area (Å²) in [5.41, 5.74) is 25.0. The molecule has 16 aromatic carbocycles. The maximum atomic E-state index is 6.92. The van der Waals surface area contributed by atoms with Crippen LogP contribution in [0.4, 0.5) is 0 Å². The summed E-state index contributed by atoms with van der Waals surface area (Å²) in [5, 5.41) is 13.4. The van der Waals surface area contributed by atoms with E-state index in [0.717, 1.165) is 132 Å². The van der Waals surface area contributed by atoms with Crippen LogP contribution in [0.25, 0.3) is 233 Å². The van der Waals surface area contributed by atoms with Gasteiger partial charge in [0.15, 0.2) is 34.9 Å². The largest absolute Gasteiger partial charge is 0.456 e. The molecule has 4 aromatic heterocycles. The molecule has 102 heavy (non-hydrogen) atoms. The molecule has 22 rings (SSSR count). The molecule has 2 aliphatic rings. The molecule has 0 unspecified atom stereocenters. The molecule has 0 N–H and O–H groups in total. The number of fused-ring (bicyclic) bond motifs is 16. The number of aromatic nitrogens is 6. The van der Waals surface area contributed by atoms with Gasteiger partial charge < -0.3 is 8.83 Å². The van der Waals surface area contributed by atoms with Crippen molar-refractivity contribution >= 4 is 87.0 Å². The van der Waals surface area contributed by atoms with Crippen molar-refractivity contribution in [2.24, 2.45) is 0 Å². The zero-order chi connectivity index (χ0) is 66.7. The van der Waals surface area contributed by atoms with E-state index in [1.165, 1.54) is 66.2 Å². The zero-order valence-electron chi connectivity index (χ0n) is 54.5. The Balaban J connectivity index is 0.605. The molecule has 0 saturated heterocycles. The molecular weight excluding hydrogens is 1250 g/mol. The highest BCUT2D eigenvalue weighted by molar-refractivity contribution is 6.31. The highest BCUT2D eigenvalue weighted by atomic mass is 16.3. The molecular formula is C94H52N6O2. The molecule has 8 nitrogen and oxygen atoms in total. The zero-order valence-corrected chi connectivity index (χ0v) is 54.5. The maximum absolute atomic E-state index is 6.92. The summed E-state index contributed by atoms with van der Waals surface area (Å²) in [6.45, 7) is 0. The Hall–Kier alpha value is -13.8. The van der Waals surface area contributed by atoms with Gasteiger partial charge in [-0.25, -0.2) is 29.9 Å². The van der Waals surface area contributed by atoms with E-state index in [1.54, 1.807) is 0 Å². The molecule has 0 fully saturated rings. The molecule has 20 aromatic rings. The van der Waals surface area contributed by atoms with Crippen molar-refractivity contribution in [2.75, 3.05) is 0 Å². The lowest BCUT2D eigenvalue weighted by Gasteiger charge is -2.11. The quantitative estimate of drug-likeness (QED) is 0.141. The summed E-state index contributed by atoms with van der Waals surface area (Å²) in [6.07, 6.45) is 0. The van der Waals surface area contributed by atoms with Crippen molar-refractivity contribution in [3.8, 4) is 146 Å². The van der Waals surface area contributed by atoms with Gasteiger partial charge in [-0.05, 0) is 188 Å². The minimum Gasteiger partial charge on any atom is -0.456 e. The molecule has 0 aliphatic heterocycles. The Morgan fingerprint density at radius 1 is 0.157 bits per heavy atom. The maximum Gasteiger partial charge on any atom is 0.164 e. The van der Waals surface area contributed by atoms with Gasteiger partial charge in [-0.1, -0.05) is 249 Å². The normalized spacial score (nSPS) is 12.1. The lowest BCUT2D eigenvalue weighted by Crippen LogP contribution is -2.00. The van der Waals surface area contributed by atoms with Gasteiger partial charge in [0.25, 0.3) is 0 Å². The molecule has 4 heterocycles. The third-order valence-corrected chi connectivity index (χ3v) is 21.0. The first-order valence-electron chi connectivity index (χ1n) is 34.4. The summed E-state index contributed by atoms with van der Waals surface area (Å²) in [6, 6.07) is 112. The molecule has 470 valence electrons. The summed E-state index contributed by atoms with van der Waals surface area (Å²) in [5.74, 6) is 3.54. The van der Waals surface area contributed by atoms with Crippen molar-refractivity contribution in [1.29, 1.82) is 0 Å². The summed E-state index contributed by atoms with van der Waals surface area (Å²) >= 11 is 0.